The fraction of sp³-hybridized carbons (Fsp3) is 0.400. The van der Waals surface area contributed by atoms with Crippen LogP contribution in [0.4, 0.5) is 0 Å². The lowest BCUT2D eigenvalue weighted by molar-refractivity contribution is 0.0729. The van der Waals surface area contributed by atoms with E-state index >= 15 is 0 Å². The molecule has 1 nitrogen and oxygen atoms in total. The highest BCUT2D eigenvalue weighted by Crippen LogP contribution is 2.52. The second kappa shape index (κ2) is 2.27. The summed E-state index contributed by atoms with van der Waals surface area (Å²) >= 11 is 4.50. The molecule has 0 saturated carbocycles. The normalized spacial score (nSPS) is 36.9. The van der Waals surface area contributed by atoms with Crippen LogP contribution in [0.3, 0.4) is 0 Å². The molecule has 0 aliphatic carbocycles. The van der Waals surface area contributed by atoms with Crippen LogP contribution in [0.5, 0.6) is 0 Å². The first-order chi connectivity index (χ1) is 5.86. The Morgan fingerprint density at radius 3 is 2.83 bits per heavy atom. The van der Waals surface area contributed by atoms with Crippen molar-refractivity contribution in [3.05, 3.63) is 35.4 Å². The van der Waals surface area contributed by atoms with E-state index in [1.54, 1.807) is 0 Å². The van der Waals surface area contributed by atoms with Crippen LogP contribution in [-0.2, 0) is 4.74 Å². The summed E-state index contributed by atoms with van der Waals surface area (Å²) < 4.78 is 5.78. The smallest absolute Gasteiger partial charge is 0.0953 e. The van der Waals surface area contributed by atoms with Crippen LogP contribution in [0.15, 0.2) is 24.3 Å². The molecule has 0 N–H and O–H groups in total. The summed E-state index contributed by atoms with van der Waals surface area (Å²) in [6.45, 7) is 0. The molecule has 1 aromatic carbocycles. The summed E-state index contributed by atoms with van der Waals surface area (Å²) in [5.41, 5.74) is 2.74. The minimum Gasteiger partial charge on any atom is -0.364 e. The van der Waals surface area contributed by atoms with Gasteiger partial charge in [0.25, 0.3) is 0 Å². The monoisotopic (exact) mass is 178 g/mol. The zero-order valence-electron chi connectivity index (χ0n) is 6.60. The molecule has 1 saturated heterocycles. The standard InChI is InChI=1S/C10H10OS/c12-9-5-8-6-3-1-2-4-7(6)10(9)11-8/h1-4,8-10,12H,5H2/t8-,9+,10-/m0/s1. The van der Waals surface area contributed by atoms with Crippen LogP contribution in [0, 0.1) is 0 Å². The first-order valence-corrected chi connectivity index (χ1v) is 4.80. The van der Waals surface area contributed by atoms with Crippen LogP contribution in [0.25, 0.3) is 0 Å². The maximum absolute atomic E-state index is 5.78. The molecule has 0 amide bonds. The van der Waals surface area contributed by atoms with Crippen LogP contribution in [0.2, 0.25) is 0 Å². The zero-order valence-corrected chi connectivity index (χ0v) is 7.50. The van der Waals surface area contributed by atoms with Crippen molar-refractivity contribution in [1.29, 1.82) is 0 Å². The molecule has 62 valence electrons. The maximum atomic E-state index is 5.78. The van der Waals surface area contributed by atoms with Gasteiger partial charge in [0, 0.05) is 5.25 Å². The molecular formula is C10H10OS. The Kier molecular flexibility index (Phi) is 1.32. The van der Waals surface area contributed by atoms with Gasteiger partial charge in [-0.2, -0.15) is 12.6 Å². The highest BCUT2D eigenvalue weighted by molar-refractivity contribution is 7.81. The number of thiol groups is 1. The molecule has 0 radical (unpaired) electrons. The van der Waals surface area contributed by atoms with Crippen molar-refractivity contribution in [3.63, 3.8) is 0 Å². The summed E-state index contributed by atoms with van der Waals surface area (Å²) in [6.07, 6.45) is 1.66. The van der Waals surface area contributed by atoms with Crippen molar-refractivity contribution < 1.29 is 4.74 Å². The number of fused-ring (bicyclic) bond motifs is 5. The molecule has 3 rings (SSSR count). The van der Waals surface area contributed by atoms with Crippen LogP contribution in [0.1, 0.15) is 29.8 Å². The number of benzene rings is 1. The van der Waals surface area contributed by atoms with Crippen molar-refractivity contribution in [2.24, 2.45) is 0 Å². The van der Waals surface area contributed by atoms with E-state index in [0.29, 0.717) is 11.4 Å². The van der Waals surface area contributed by atoms with Gasteiger partial charge in [-0.25, -0.2) is 0 Å². The number of hydrogen-bond donors (Lipinski definition) is 1. The Morgan fingerprint density at radius 2 is 2.00 bits per heavy atom. The lowest BCUT2D eigenvalue weighted by Gasteiger charge is -2.15. The van der Waals surface area contributed by atoms with Gasteiger partial charge in [-0.05, 0) is 17.5 Å². The fourth-order valence-corrected chi connectivity index (χ4v) is 2.63. The van der Waals surface area contributed by atoms with E-state index in [2.05, 4.69) is 36.9 Å². The lowest BCUT2D eigenvalue weighted by Crippen LogP contribution is -2.09. The Bertz CT molecular complexity index is 323. The second-order valence-electron chi connectivity index (χ2n) is 3.48. The third-order valence-corrected chi connectivity index (χ3v) is 3.25. The molecule has 2 bridgehead atoms. The molecule has 2 heteroatoms. The molecular weight excluding hydrogens is 168 g/mol. The van der Waals surface area contributed by atoms with Crippen molar-refractivity contribution >= 4 is 12.6 Å². The quantitative estimate of drug-likeness (QED) is 0.600. The van der Waals surface area contributed by atoms with E-state index in [9.17, 15) is 0 Å². The summed E-state index contributed by atoms with van der Waals surface area (Å²) in [7, 11) is 0. The van der Waals surface area contributed by atoms with E-state index in [1.165, 1.54) is 11.1 Å². The largest absolute Gasteiger partial charge is 0.364 e. The van der Waals surface area contributed by atoms with Gasteiger partial charge >= 0.3 is 0 Å². The highest BCUT2D eigenvalue weighted by Gasteiger charge is 2.42. The van der Waals surface area contributed by atoms with E-state index in [0.717, 1.165) is 6.42 Å². The third kappa shape index (κ3) is 0.744. The number of hydrogen-bond acceptors (Lipinski definition) is 2. The number of rotatable bonds is 0. The molecule has 2 aliphatic heterocycles. The van der Waals surface area contributed by atoms with E-state index in [-0.39, 0.29) is 6.10 Å². The van der Waals surface area contributed by atoms with Gasteiger partial charge in [-0.1, -0.05) is 24.3 Å². The van der Waals surface area contributed by atoms with Crippen LogP contribution < -0.4 is 0 Å². The molecule has 1 fully saturated rings. The SMILES string of the molecule is S[C@@H]1C[C@@H]2O[C@H]1c1ccccc12. The fourth-order valence-electron chi connectivity index (χ4n) is 2.21. The maximum Gasteiger partial charge on any atom is 0.0953 e. The van der Waals surface area contributed by atoms with Gasteiger partial charge in [0.2, 0.25) is 0 Å². The van der Waals surface area contributed by atoms with Gasteiger partial charge in [0.15, 0.2) is 0 Å². The van der Waals surface area contributed by atoms with Crippen molar-refractivity contribution in [2.75, 3.05) is 0 Å². The van der Waals surface area contributed by atoms with Crippen molar-refractivity contribution in [1.82, 2.24) is 0 Å². The van der Waals surface area contributed by atoms with Gasteiger partial charge in [-0.3, -0.25) is 0 Å². The topological polar surface area (TPSA) is 9.23 Å². The van der Waals surface area contributed by atoms with Crippen molar-refractivity contribution in [2.45, 2.75) is 23.9 Å². The van der Waals surface area contributed by atoms with Gasteiger partial charge in [0.1, 0.15) is 0 Å². The summed E-state index contributed by atoms with van der Waals surface area (Å²) in [6, 6.07) is 8.47. The van der Waals surface area contributed by atoms with E-state index < -0.39 is 0 Å². The van der Waals surface area contributed by atoms with Crippen molar-refractivity contribution in [3.8, 4) is 0 Å². The average molecular weight is 178 g/mol. The summed E-state index contributed by atoms with van der Waals surface area (Å²) in [5, 5.41) is 0.407. The van der Waals surface area contributed by atoms with Gasteiger partial charge in [-0.15, -0.1) is 0 Å². The Morgan fingerprint density at radius 1 is 1.25 bits per heavy atom. The molecule has 0 aromatic heterocycles. The summed E-state index contributed by atoms with van der Waals surface area (Å²) in [5.74, 6) is 0. The Labute approximate surface area is 77.1 Å². The molecule has 0 unspecified atom stereocenters. The van der Waals surface area contributed by atoms with Gasteiger partial charge < -0.3 is 4.74 Å². The molecule has 3 atom stereocenters. The lowest BCUT2D eigenvalue weighted by atomic mass is 9.92. The first kappa shape index (κ1) is 6.98. The van der Waals surface area contributed by atoms with E-state index in [4.69, 9.17) is 4.74 Å². The summed E-state index contributed by atoms with van der Waals surface area (Å²) in [4.78, 5) is 0. The van der Waals surface area contributed by atoms with Crippen LogP contribution >= 0.6 is 12.6 Å². The molecule has 12 heavy (non-hydrogen) atoms. The first-order valence-electron chi connectivity index (χ1n) is 4.28. The average Bonchev–Trinajstić information content (AvgIpc) is 2.62. The molecule has 2 heterocycles. The molecule has 0 spiro atoms. The third-order valence-electron chi connectivity index (χ3n) is 2.77. The Balaban J connectivity index is 2.17. The Hall–Kier alpha value is -0.470. The van der Waals surface area contributed by atoms with Gasteiger partial charge in [0.05, 0.1) is 12.2 Å². The van der Waals surface area contributed by atoms with E-state index in [1.807, 2.05) is 0 Å². The minimum atomic E-state index is 0.259. The minimum absolute atomic E-state index is 0.259. The second-order valence-corrected chi connectivity index (χ2v) is 4.14. The highest BCUT2D eigenvalue weighted by atomic mass is 32.1. The van der Waals surface area contributed by atoms with Crippen LogP contribution in [-0.4, -0.2) is 5.25 Å². The molecule has 1 aromatic rings. The zero-order chi connectivity index (χ0) is 8.13. The predicted octanol–water partition coefficient (Wildman–Crippen LogP) is 2.50. The number of ether oxygens (including phenoxy) is 1. The predicted molar refractivity (Wildman–Crippen MR) is 50.4 cm³/mol. The molecule has 2 aliphatic rings.